The molecule has 0 aliphatic rings. The van der Waals surface area contributed by atoms with Crippen molar-refractivity contribution < 1.29 is 24.1 Å². The summed E-state index contributed by atoms with van der Waals surface area (Å²) in [6.45, 7) is 0. The topological polar surface area (TPSA) is 75.0 Å². The number of halogens is 1. The summed E-state index contributed by atoms with van der Waals surface area (Å²) in [5.74, 6) is 2.01. The molecule has 160 valence electrons. The fourth-order valence-electron chi connectivity index (χ4n) is 3.52. The Morgan fingerprint density at radius 2 is 1.52 bits per heavy atom. The quantitative estimate of drug-likeness (QED) is 0.450. The van der Waals surface area contributed by atoms with Crippen LogP contribution in [0.25, 0.3) is 27.8 Å². The first kappa shape index (κ1) is 20.7. The van der Waals surface area contributed by atoms with Gasteiger partial charge in [-0.1, -0.05) is 17.7 Å². The average molecular weight is 441 g/mol. The molecule has 31 heavy (non-hydrogen) atoms. The zero-order chi connectivity index (χ0) is 22.1. The molecule has 1 heterocycles. The van der Waals surface area contributed by atoms with Gasteiger partial charge in [-0.15, -0.1) is 0 Å². The lowest BCUT2D eigenvalue weighted by atomic mass is 10.0. The van der Waals surface area contributed by atoms with Gasteiger partial charge in [-0.2, -0.15) is 0 Å². The summed E-state index contributed by atoms with van der Waals surface area (Å²) in [6.07, 6.45) is 1.71. The maximum absolute atomic E-state index is 10.2. The Balaban J connectivity index is 1.90. The maximum atomic E-state index is 10.2. The summed E-state index contributed by atoms with van der Waals surface area (Å²) in [7, 11) is 6.21. The third-order valence-electron chi connectivity index (χ3n) is 5.05. The van der Waals surface area contributed by atoms with Crippen LogP contribution in [0.2, 0.25) is 5.02 Å². The summed E-state index contributed by atoms with van der Waals surface area (Å²) in [6, 6.07) is 12.6. The van der Waals surface area contributed by atoms with E-state index in [4.69, 9.17) is 30.5 Å². The molecule has 0 radical (unpaired) electrons. The predicted octanol–water partition coefficient (Wildman–Crippen LogP) is 5.09. The highest BCUT2D eigenvalue weighted by Crippen LogP contribution is 2.41. The van der Waals surface area contributed by atoms with Crippen molar-refractivity contribution >= 4 is 22.6 Å². The lowest BCUT2D eigenvalue weighted by Gasteiger charge is -2.15. The summed E-state index contributed by atoms with van der Waals surface area (Å²) in [5, 5.41) is 10.7. The normalized spacial score (nSPS) is 10.9. The molecule has 7 nitrogen and oxygen atoms in total. The fourth-order valence-corrected chi connectivity index (χ4v) is 3.79. The van der Waals surface area contributed by atoms with Gasteiger partial charge >= 0.3 is 0 Å². The Labute approximate surface area is 184 Å². The molecule has 0 saturated heterocycles. The number of fused-ring (bicyclic) bond motifs is 1. The van der Waals surface area contributed by atoms with E-state index in [-0.39, 0.29) is 5.75 Å². The van der Waals surface area contributed by atoms with Crippen molar-refractivity contribution in [3.05, 3.63) is 53.8 Å². The molecular weight excluding hydrogens is 420 g/mol. The van der Waals surface area contributed by atoms with Gasteiger partial charge in [-0.25, -0.2) is 4.98 Å². The van der Waals surface area contributed by atoms with Crippen molar-refractivity contribution in [2.45, 2.75) is 0 Å². The molecule has 0 amide bonds. The van der Waals surface area contributed by atoms with Gasteiger partial charge in [0, 0.05) is 17.7 Å². The third-order valence-corrected chi connectivity index (χ3v) is 5.37. The molecule has 0 aliphatic carbocycles. The molecule has 4 aromatic rings. The molecule has 1 N–H and O–H groups in total. The third kappa shape index (κ3) is 3.57. The molecule has 0 unspecified atom stereocenters. The number of nitrogens with zero attached hydrogens (tertiary/aromatic N) is 2. The zero-order valence-electron chi connectivity index (χ0n) is 17.5. The van der Waals surface area contributed by atoms with E-state index in [1.807, 2.05) is 28.8 Å². The molecule has 3 aromatic carbocycles. The number of aromatic hydroxyl groups is 1. The number of ether oxygens (including phenoxy) is 4. The largest absolute Gasteiger partial charge is 0.504 e. The van der Waals surface area contributed by atoms with Crippen LogP contribution in [0.15, 0.2) is 48.8 Å². The van der Waals surface area contributed by atoms with Crippen molar-refractivity contribution in [1.82, 2.24) is 9.55 Å². The van der Waals surface area contributed by atoms with E-state index in [0.29, 0.717) is 28.0 Å². The van der Waals surface area contributed by atoms with Crippen LogP contribution in [0.1, 0.15) is 0 Å². The molecule has 0 atom stereocenters. The number of aromatic nitrogens is 2. The molecule has 8 heteroatoms. The minimum absolute atomic E-state index is 0.0364. The van der Waals surface area contributed by atoms with Gasteiger partial charge in [0.05, 0.1) is 50.2 Å². The van der Waals surface area contributed by atoms with Gasteiger partial charge in [0.2, 0.25) is 5.75 Å². The van der Waals surface area contributed by atoms with E-state index in [1.165, 1.54) is 7.11 Å². The van der Waals surface area contributed by atoms with Crippen molar-refractivity contribution in [3.63, 3.8) is 0 Å². The van der Waals surface area contributed by atoms with Crippen LogP contribution in [-0.4, -0.2) is 43.1 Å². The van der Waals surface area contributed by atoms with E-state index in [0.717, 1.165) is 27.8 Å². The summed E-state index contributed by atoms with van der Waals surface area (Å²) in [5.41, 5.74) is 3.83. The second-order valence-corrected chi connectivity index (χ2v) is 7.11. The highest BCUT2D eigenvalue weighted by atomic mass is 35.5. The summed E-state index contributed by atoms with van der Waals surface area (Å²) >= 11 is 6.54. The van der Waals surface area contributed by atoms with Crippen LogP contribution in [0.3, 0.4) is 0 Å². The van der Waals surface area contributed by atoms with Crippen molar-refractivity contribution in [3.8, 4) is 45.6 Å². The van der Waals surface area contributed by atoms with Crippen molar-refractivity contribution in [1.29, 1.82) is 0 Å². The molecule has 0 spiro atoms. The molecule has 4 rings (SSSR count). The first-order chi connectivity index (χ1) is 15.0. The standard InChI is InChI=1S/C23H21ClN2O5/c1-28-20-6-5-13(7-19(20)27)15-10-18-17(11-16(15)24)25-12-26(18)14-8-21(29-2)23(31-4)22(9-14)30-3/h5-12,27H,1-4H3. The first-order valence-electron chi connectivity index (χ1n) is 9.35. The summed E-state index contributed by atoms with van der Waals surface area (Å²) < 4.78 is 23.4. The number of phenols is 1. The number of methoxy groups -OCH3 is 4. The Kier molecular flexibility index (Phi) is 5.52. The Hall–Kier alpha value is -3.58. The number of benzene rings is 3. The zero-order valence-corrected chi connectivity index (χ0v) is 18.2. The number of imidazole rings is 1. The number of phenolic OH excluding ortho intramolecular Hbond substituents is 1. The van der Waals surface area contributed by atoms with Gasteiger partial charge in [0.25, 0.3) is 0 Å². The first-order valence-corrected chi connectivity index (χ1v) is 9.72. The molecular formula is C23H21ClN2O5. The van der Waals surface area contributed by atoms with Crippen LogP contribution in [0.4, 0.5) is 0 Å². The Morgan fingerprint density at radius 1 is 0.839 bits per heavy atom. The van der Waals surface area contributed by atoms with Crippen LogP contribution in [-0.2, 0) is 0 Å². The van der Waals surface area contributed by atoms with Gasteiger partial charge in [-0.05, 0) is 29.8 Å². The molecule has 0 aliphatic heterocycles. The number of rotatable bonds is 6. The fraction of sp³-hybridized carbons (Fsp3) is 0.174. The van der Waals surface area contributed by atoms with E-state index >= 15 is 0 Å². The summed E-state index contributed by atoms with van der Waals surface area (Å²) in [4.78, 5) is 4.49. The maximum Gasteiger partial charge on any atom is 0.203 e. The lowest BCUT2D eigenvalue weighted by Crippen LogP contribution is -1.99. The monoisotopic (exact) mass is 440 g/mol. The number of hydrogen-bond acceptors (Lipinski definition) is 6. The Bertz CT molecular complexity index is 1240. The second-order valence-electron chi connectivity index (χ2n) is 6.71. The van der Waals surface area contributed by atoms with Crippen LogP contribution >= 0.6 is 11.6 Å². The van der Waals surface area contributed by atoms with Gasteiger partial charge in [-0.3, -0.25) is 4.57 Å². The average Bonchev–Trinajstić information content (AvgIpc) is 3.19. The van der Waals surface area contributed by atoms with E-state index in [1.54, 1.807) is 45.9 Å². The van der Waals surface area contributed by atoms with E-state index in [9.17, 15) is 5.11 Å². The molecule has 0 fully saturated rings. The minimum atomic E-state index is 0.0364. The van der Waals surface area contributed by atoms with Gasteiger partial charge in [0.1, 0.15) is 6.33 Å². The van der Waals surface area contributed by atoms with Crippen molar-refractivity contribution in [2.75, 3.05) is 28.4 Å². The van der Waals surface area contributed by atoms with Crippen LogP contribution < -0.4 is 18.9 Å². The highest BCUT2D eigenvalue weighted by molar-refractivity contribution is 6.34. The van der Waals surface area contributed by atoms with Crippen LogP contribution in [0, 0.1) is 0 Å². The SMILES string of the molecule is COc1ccc(-c2cc3c(cc2Cl)ncn3-c2cc(OC)c(OC)c(OC)c2)cc1O. The van der Waals surface area contributed by atoms with Crippen LogP contribution in [0.5, 0.6) is 28.7 Å². The highest BCUT2D eigenvalue weighted by Gasteiger charge is 2.17. The minimum Gasteiger partial charge on any atom is -0.504 e. The van der Waals surface area contributed by atoms with Gasteiger partial charge in [0.15, 0.2) is 23.0 Å². The van der Waals surface area contributed by atoms with Gasteiger partial charge < -0.3 is 24.1 Å². The molecule has 1 aromatic heterocycles. The number of hydrogen-bond donors (Lipinski definition) is 1. The van der Waals surface area contributed by atoms with E-state index < -0.39 is 0 Å². The van der Waals surface area contributed by atoms with Crippen molar-refractivity contribution in [2.24, 2.45) is 0 Å². The second kappa shape index (κ2) is 8.28. The smallest absolute Gasteiger partial charge is 0.203 e. The predicted molar refractivity (Wildman–Crippen MR) is 119 cm³/mol. The lowest BCUT2D eigenvalue weighted by molar-refractivity contribution is 0.324. The van der Waals surface area contributed by atoms with E-state index in [2.05, 4.69) is 4.98 Å². The molecule has 0 bridgehead atoms. The molecule has 0 saturated carbocycles. The Morgan fingerprint density at radius 3 is 2.10 bits per heavy atom.